The Morgan fingerprint density at radius 3 is 2.60 bits per heavy atom. The number of hydrogen-bond acceptors (Lipinski definition) is 4. The second-order valence-corrected chi connectivity index (χ2v) is 6.75. The molecule has 7 heteroatoms. The molecule has 1 atom stereocenters. The summed E-state index contributed by atoms with van der Waals surface area (Å²) in [5.74, 6) is -0.594. The van der Waals surface area contributed by atoms with Crippen molar-refractivity contribution < 1.29 is 12.8 Å². The van der Waals surface area contributed by atoms with E-state index in [4.69, 9.17) is 5.73 Å². The Labute approximate surface area is 120 Å². The lowest BCUT2D eigenvalue weighted by molar-refractivity contribution is 0.379. The highest BCUT2D eigenvalue weighted by molar-refractivity contribution is 7.89. The summed E-state index contributed by atoms with van der Waals surface area (Å²) in [5, 5.41) is 0. The second kappa shape index (κ2) is 7.12. The Hall–Kier alpha value is -1.02. The molecule has 0 aromatic heterocycles. The van der Waals surface area contributed by atoms with Crippen molar-refractivity contribution in [3.8, 4) is 0 Å². The molecule has 0 bridgehead atoms. The lowest BCUT2D eigenvalue weighted by Crippen LogP contribution is -2.35. The van der Waals surface area contributed by atoms with E-state index >= 15 is 0 Å². The van der Waals surface area contributed by atoms with Gasteiger partial charge < -0.3 is 10.6 Å². The predicted molar refractivity (Wildman–Crippen MR) is 77.2 cm³/mol. The zero-order valence-corrected chi connectivity index (χ0v) is 12.9. The van der Waals surface area contributed by atoms with Crippen molar-refractivity contribution in [3.63, 3.8) is 0 Å². The summed E-state index contributed by atoms with van der Waals surface area (Å²) in [6.45, 7) is 2.58. The van der Waals surface area contributed by atoms with Crippen LogP contribution in [0.3, 0.4) is 0 Å². The summed E-state index contributed by atoms with van der Waals surface area (Å²) in [4.78, 5) is 1.88. The van der Waals surface area contributed by atoms with E-state index in [9.17, 15) is 12.8 Å². The zero-order valence-electron chi connectivity index (χ0n) is 12.1. The number of rotatable bonds is 7. The minimum atomic E-state index is -3.76. The number of sulfonamides is 1. The van der Waals surface area contributed by atoms with Crippen molar-refractivity contribution in [1.82, 2.24) is 9.62 Å². The van der Waals surface area contributed by atoms with Crippen molar-refractivity contribution in [1.29, 1.82) is 0 Å². The molecule has 1 aromatic carbocycles. The van der Waals surface area contributed by atoms with Crippen molar-refractivity contribution in [2.45, 2.75) is 30.8 Å². The van der Waals surface area contributed by atoms with Crippen molar-refractivity contribution in [2.75, 3.05) is 20.6 Å². The highest BCUT2D eigenvalue weighted by Gasteiger charge is 2.21. The first-order valence-electron chi connectivity index (χ1n) is 6.42. The number of nitrogens with one attached hydrogen (secondary N) is 1. The molecule has 1 aromatic rings. The van der Waals surface area contributed by atoms with E-state index in [-0.39, 0.29) is 17.5 Å². The largest absolute Gasteiger partial charge is 0.326 e. The minimum Gasteiger partial charge on any atom is -0.326 e. The summed E-state index contributed by atoms with van der Waals surface area (Å²) >= 11 is 0. The third-order valence-corrected chi connectivity index (χ3v) is 4.58. The Kier molecular flexibility index (Phi) is 6.07. The number of halogens is 1. The van der Waals surface area contributed by atoms with Crippen LogP contribution in [0.1, 0.15) is 18.9 Å². The maximum Gasteiger partial charge on any atom is 0.241 e. The highest BCUT2D eigenvalue weighted by Crippen LogP contribution is 2.17. The van der Waals surface area contributed by atoms with Gasteiger partial charge in [0, 0.05) is 12.6 Å². The molecular formula is C13H22FN3O2S. The Morgan fingerprint density at radius 2 is 2.05 bits per heavy atom. The van der Waals surface area contributed by atoms with Crippen LogP contribution >= 0.6 is 0 Å². The summed E-state index contributed by atoms with van der Waals surface area (Å²) < 4.78 is 40.4. The number of nitrogens with two attached hydrogens (primary N) is 1. The average molecular weight is 303 g/mol. The fourth-order valence-corrected chi connectivity index (χ4v) is 3.33. The smallest absolute Gasteiger partial charge is 0.241 e. The van der Waals surface area contributed by atoms with Crippen LogP contribution in [0.25, 0.3) is 0 Å². The topological polar surface area (TPSA) is 75.4 Å². The zero-order chi connectivity index (χ0) is 15.3. The van der Waals surface area contributed by atoms with Gasteiger partial charge in [-0.25, -0.2) is 17.5 Å². The average Bonchev–Trinajstić information content (AvgIpc) is 2.36. The van der Waals surface area contributed by atoms with Gasteiger partial charge in [-0.3, -0.25) is 0 Å². The fraction of sp³-hybridized carbons (Fsp3) is 0.538. The third kappa shape index (κ3) is 4.82. The molecule has 0 radical (unpaired) electrons. The molecule has 0 amide bonds. The van der Waals surface area contributed by atoms with E-state index < -0.39 is 15.8 Å². The summed E-state index contributed by atoms with van der Waals surface area (Å²) in [7, 11) is 0.0728. The van der Waals surface area contributed by atoms with Gasteiger partial charge in [-0.1, -0.05) is 6.07 Å². The van der Waals surface area contributed by atoms with Gasteiger partial charge in [0.05, 0.1) is 4.90 Å². The van der Waals surface area contributed by atoms with E-state index in [1.54, 1.807) is 6.92 Å². The fourth-order valence-electron chi connectivity index (χ4n) is 1.79. The van der Waals surface area contributed by atoms with Gasteiger partial charge in [0.1, 0.15) is 5.82 Å². The first kappa shape index (κ1) is 17.0. The summed E-state index contributed by atoms with van der Waals surface area (Å²) in [6.07, 6.45) is 0.666. The maximum absolute atomic E-state index is 13.3. The van der Waals surface area contributed by atoms with Gasteiger partial charge in [-0.05, 0) is 51.7 Å². The molecule has 20 heavy (non-hydrogen) atoms. The van der Waals surface area contributed by atoms with E-state index in [2.05, 4.69) is 4.72 Å². The molecule has 0 heterocycles. The van der Waals surface area contributed by atoms with Crippen molar-refractivity contribution >= 4 is 10.0 Å². The molecule has 114 valence electrons. The molecule has 0 saturated heterocycles. The van der Waals surface area contributed by atoms with Crippen LogP contribution in [0.5, 0.6) is 0 Å². The first-order chi connectivity index (χ1) is 9.26. The molecule has 0 spiro atoms. The van der Waals surface area contributed by atoms with Crippen LogP contribution in [0.15, 0.2) is 23.1 Å². The molecule has 3 N–H and O–H groups in total. The lowest BCUT2D eigenvalue weighted by Gasteiger charge is -2.18. The van der Waals surface area contributed by atoms with Crippen LogP contribution < -0.4 is 10.5 Å². The molecular weight excluding hydrogens is 281 g/mol. The van der Waals surface area contributed by atoms with Crippen molar-refractivity contribution in [2.24, 2.45) is 5.73 Å². The molecule has 0 aliphatic carbocycles. The standard InChI is InChI=1S/C13H22FN3O2S/c1-10(6-7-17(2)3)16-20(18,19)13-8-12(14)5-4-11(13)9-15/h4-5,8,10,16H,6-7,9,15H2,1-3H3. The first-order valence-corrected chi connectivity index (χ1v) is 7.90. The lowest BCUT2D eigenvalue weighted by atomic mass is 10.2. The van der Waals surface area contributed by atoms with E-state index in [1.165, 1.54) is 12.1 Å². The molecule has 0 fully saturated rings. The van der Waals surface area contributed by atoms with Gasteiger partial charge in [0.25, 0.3) is 0 Å². The molecule has 5 nitrogen and oxygen atoms in total. The Balaban J connectivity index is 2.91. The van der Waals surface area contributed by atoms with Crippen LogP contribution in [0, 0.1) is 5.82 Å². The van der Waals surface area contributed by atoms with E-state index in [0.717, 1.165) is 12.6 Å². The molecule has 0 aliphatic heterocycles. The summed E-state index contributed by atoms with van der Waals surface area (Å²) in [6, 6.07) is 3.37. The van der Waals surface area contributed by atoms with Gasteiger partial charge in [0.2, 0.25) is 10.0 Å². The highest BCUT2D eigenvalue weighted by atomic mass is 32.2. The Bertz CT molecular complexity index is 547. The number of nitrogens with zero attached hydrogens (tertiary/aromatic N) is 1. The Morgan fingerprint density at radius 1 is 1.40 bits per heavy atom. The molecule has 1 rings (SSSR count). The van der Waals surface area contributed by atoms with Crippen LogP contribution in [-0.2, 0) is 16.6 Å². The van der Waals surface area contributed by atoms with Gasteiger partial charge in [-0.15, -0.1) is 0 Å². The van der Waals surface area contributed by atoms with E-state index in [0.29, 0.717) is 12.0 Å². The van der Waals surface area contributed by atoms with E-state index in [1.807, 2.05) is 19.0 Å². The normalized spacial score (nSPS) is 13.7. The quantitative estimate of drug-likeness (QED) is 0.785. The second-order valence-electron chi connectivity index (χ2n) is 5.07. The SMILES string of the molecule is CC(CCN(C)C)NS(=O)(=O)c1cc(F)ccc1CN. The van der Waals surface area contributed by atoms with Gasteiger partial charge >= 0.3 is 0 Å². The monoisotopic (exact) mass is 303 g/mol. The number of benzene rings is 1. The van der Waals surface area contributed by atoms with Crippen LogP contribution in [0.4, 0.5) is 4.39 Å². The molecule has 0 aliphatic rings. The van der Waals surface area contributed by atoms with Crippen LogP contribution in [0.2, 0.25) is 0 Å². The maximum atomic E-state index is 13.3. The molecule has 1 unspecified atom stereocenters. The third-order valence-electron chi connectivity index (χ3n) is 2.90. The van der Waals surface area contributed by atoms with Crippen molar-refractivity contribution in [3.05, 3.63) is 29.6 Å². The molecule has 0 saturated carbocycles. The van der Waals surface area contributed by atoms with Gasteiger partial charge in [-0.2, -0.15) is 0 Å². The van der Waals surface area contributed by atoms with Crippen LogP contribution in [-0.4, -0.2) is 40.0 Å². The minimum absolute atomic E-state index is 0.0442. The summed E-state index contributed by atoms with van der Waals surface area (Å²) in [5.41, 5.74) is 5.91. The van der Waals surface area contributed by atoms with Gasteiger partial charge in [0.15, 0.2) is 0 Å². The number of hydrogen-bond donors (Lipinski definition) is 2. The predicted octanol–water partition coefficient (Wildman–Crippen LogP) is 0.903.